The standard InChI is InChI=1S/C29H27Cl3N2O2S/c30-22-11-7-20(8-12-22)27-28(21-9-13-23(31)14-10-21)34(25-17-15-24(32)16-18-25)29(33-27)37-19-5-3-1-2-4-6-26(35)36/h7-18H,1-6,19H2,(H,35,36). The first-order chi connectivity index (χ1) is 17.9. The van der Waals surface area contributed by atoms with Crippen molar-refractivity contribution in [1.29, 1.82) is 0 Å². The molecule has 0 aliphatic rings. The molecule has 0 aliphatic heterocycles. The van der Waals surface area contributed by atoms with Crippen molar-refractivity contribution in [3.8, 4) is 28.2 Å². The summed E-state index contributed by atoms with van der Waals surface area (Å²) in [6.07, 6.45) is 5.04. The Morgan fingerprint density at radius 1 is 0.730 bits per heavy atom. The van der Waals surface area contributed by atoms with Crippen LogP contribution in [-0.2, 0) is 4.79 Å². The van der Waals surface area contributed by atoms with E-state index < -0.39 is 5.97 Å². The Labute approximate surface area is 236 Å². The van der Waals surface area contributed by atoms with Gasteiger partial charge < -0.3 is 5.11 Å². The second-order valence-corrected chi connectivity index (χ2v) is 11.0. The lowest BCUT2D eigenvalue weighted by atomic mass is 10.0. The SMILES string of the molecule is O=C(O)CCCCCCCSc1nc(-c2ccc(Cl)cc2)c(-c2ccc(Cl)cc2)n1-c1ccc(Cl)cc1. The Morgan fingerprint density at radius 3 is 1.84 bits per heavy atom. The molecule has 4 nitrogen and oxygen atoms in total. The van der Waals surface area contributed by atoms with E-state index in [0.29, 0.717) is 15.1 Å². The number of hydrogen-bond donors (Lipinski definition) is 1. The minimum atomic E-state index is -0.724. The molecule has 0 unspecified atom stereocenters. The van der Waals surface area contributed by atoms with Crippen LogP contribution in [0.25, 0.3) is 28.2 Å². The fourth-order valence-electron chi connectivity index (χ4n) is 4.08. The topological polar surface area (TPSA) is 55.1 Å². The van der Waals surface area contributed by atoms with Crippen LogP contribution in [0.5, 0.6) is 0 Å². The van der Waals surface area contributed by atoms with Crippen molar-refractivity contribution in [2.45, 2.75) is 43.7 Å². The minimum absolute atomic E-state index is 0.244. The zero-order valence-electron chi connectivity index (χ0n) is 20.2. The third-order valence-corrected chi connectivity index (χ3v) is 7.71. The molecule has 0 amide bonds. The number of carboxylic acid groups (broad SMARTS) is 1. The van der Waals surface area contributed by atoms with Gasteiger partial charge in [0.2, 0.25) is 0 Å². The van der Waals surface area contributed by atoms with Gasteiger partial charge in [-0.25, -0.2) is 4.98 Å². The summed E-state index contributed by atoms with van der Waals surface area (Å²) in [4.78, 5) is 15.8. The molecule has 3 aromatic carbocycles. The van der Waals surface area contributed by atoms with Crippen LogP contribution >= 0.6 is 46.6 Å². The molecule has 1 N–H and O–H groups in total. The third kappa shape index (κ3) is 7.55. The van der Waals surface area contributed by atoms with Crippen LogP contribution in [-0.4, -0.2) is 26.4 Å². The molecule has 1 aromatic heterocycles. The van der Waals surface area contributed by atoms with E-state index in [4.69, 9.17) is 44.9 Å². The van der Waals surface area contributed by atoms with Crippen LogP contribution in [0.1, 0.15) is 38.5 Å². The minimum Gasteiger partial charge on any atom is -0.481 e. The van der Waals surface area contributed by atoms with Gasteiger partial charge in [-0.2, -0.15) is 0 Å². The van der Waals surface area contributed by atoms with E-state index in [-0.39, 0.29) is 6.42 Å². The normalized spacial score (nSPS) is 11.1. The summed E-state index contributed by atoms with van der Waals surface area (Å²) in [5.41, 5.74) is 4.78. The molecule has 192 valence electrons. The fourth-order valence-corrected chi connectivity index (χ4v) is 5.47. The summed E-state index contributed by atoms with van der Waals surface area (Å²) in [7, 11) is 0. The number of hydrogen-bond acceptors (Lipinski definition) is 3. The van der Waals surface area contributed by atoms with Gasteiger partial charge in [0, 0.05) is 44.1 Å². The number of carbonyl (C=O) groups is 1. The second-order valence-electron chi connectivity index (χ2n) is 8.68. The van der Waals surface area contributed by atoms with E-state index in [0.717, 1.165) is 71.2 Å². The third-order valence-electron chi connectivity index (χ3n) is 5.93. The zero-order valence-corrected chi connectivity index (χ0v) is 23.3. The number of nitrogens with zero attached hydrogens (tertiary/aromatic N) is 2. The van der Waals surface area contributed by atoms with Crippen LogP contribution in [0.4, 0.5) is 0 Å². The van der Waals surface area contributed by atoms with Crippen molar-refractivity contribution in [3.63, 3.8) is 0 Å². The van der Waals surface area contributed by atoms with Crippen LogP contribution in [0.3, 0.4) is 0 Å². The average Bonchev–Trinajstić information content (AvgIpc) is 3.26. The van der Waals surface area contributed by atoms with Gasteiger partial charge in [0.25, 0.3) is 0 Å². The Bertz CT molecular complexity index is 1320. The number of unbranched alkanes of at least 4 members (excludes halogenated alkanes) is 4. The highest BCUT2D eigenvalue weighted by atomic mass is 35.5. The number of thioether (sulfide) groups is 1. The van der Waals surface area contributed by atoms with E-state index in [9.17, 15) is 4.79 Å². The van der Waals surface area contributed by atoms with E-state index in [1.807, 2.05) is 72.8 Å². The quantitative estimate of drug-likeness (QED) is 0.135. The van der Waals surface area contributed by atoms with Crippen molar-refractivity contribution >= 4 is 52.5 Å². The summed E-state index contributed by atoms with van der Waals surface area (Å²) < 4.78 is 2.18. The molecular formula is C29H27Cl3N2O2S. The van der Waals surface area contributed by atoms with E-state index >= 15 is 0 Å². The van der Waals surface area contributed by atoms with Crippen molar-refractivity contribution in [2.75, 3.05) is 5.75 Å². The predicted molar refractivity (Wildman–Crippen MR) is 156 cm³/mol. The average molecular weight is 574 g/mol. The lowest BCUT2D eigenvalue weighted by Crippen LogP contribution is -2.00. The van der Waals surface area contributed by atoms with Gasteiger partial charge in [-0.05, 0) is 61.4 Å². The number of benzene rings is 3. The number of aromatic nitrogens is 2. The van der Waals surface area contributed by atoms with Gasteiger partial charge in [0.15, 0.2) is 5.16 Å². The van der Waals surface area contributed by atoms with Crippen molar-refractivity contribution in [1.82, 2.24) is 9.55 Å². The molecule has 0 fully saturated rings. The molecule has 1 heterocycles. The molecule has 0 atom stereocenters. The highest BCUT2D eigenvalue weighted by Gasteiger charge is 2.22. The number of rotatable bonds is 12. The summed E-state index contributed by atoms with van der Waals surface area (Å²) in [6.45, 7) is 0. The molecule has 8 heteroatoms. The Kier molecular flexibility index (Phi) is 9.98. The largest absolute Gasteiger partial charge is 0.481 e. The molecule has 0 bridgehead atoms. The van der Waals surface area contributed by atoms with Crippen molar-refractivity contribution in [2.24, 2.45) is 0 Å². The van der Waals surface area contributed by atoms with Crippen LogP contribution < -0.4 is 0 Å². The predicted octanol–water partition coefficient (Wildman–Crippen LogP) is 9.68. The fraction of sp³-hybridized carbons (Fsp3) is 0.241. The van der Waals surface area contributed by atoms with E-state index in [1.54, 1.807) is 11.8 Å². The summed E-state index contributed by atoms with van der Waals surface area (Å²) >= 11 is 20.3. The second kappa shape index (κ2) is 13.4. The number of imidazole rings is 1. The lowest BCUT2D eigenvalue weighted by Gasteiger charge is -2.13. The highest BCUT2D eigenvalue weighted by molar-refractivity contribution is 7.99. The van der Waals surface area contributed by atoms with Crippen LogP contribution in [0.2, 0.25) is 15.1 Å². The number of carboxylic acids is 1. The Balaban J connectivity index is 1.67. The van der Waals surface area contributed by atoms with Crippen molar-refractivity contribution < 1.29 is 9.90 Å². The smallest absolute Gasteiger partial charge is 0.303 e. The summed E-state index contributed by atoms with van der Waals surface area (Å²) in [6, 6.07) is 23.3. The number of aliphatic carboxylic acids is 1. The van der Waals surface area contributed by atoms with Gasteiger partial charge in [0.05, 0.1) is 11.4 Å². The molecule has 0 saturated carbocycles. The zero-order chi connectivity index (χ0) is 26.2. The van der Waals surface area contributed by atoms with Crippen LogP contribution in [0, 0.1) is 0 Å². The maximum Gasteiger partial charge on any atom is 0.303 e. The first-order valence-electron chi connectivity index (χ1n) is 12.2. The molecule has 37 heavy (non-hydrogen) atoms. The van der Waals surface area contributed by atoms with Gasteiger partial charge in [-0.15, -0.1) is 0 Å². The molecule has 4 rings (SSSR count). The van der Waals surface area contributed by atoms with Crippen LogP contribution in [0.15, 0.2) is 78.0 Å². The Morgan fingerprint density at radius 2 is 1.24 bits per heavy atom. The molecule has 0 radical (unpaired) electrons. The maximum atomic E-state index is 10.7. The van der Waals surface area contributed by atoms with E-state index in [1.165, 1.54) is 0 Å². The van der Waals surface area contributed by atoms with Gasteiger partial charge in [-0.3, -0.25) is 9.36 Å². The van der Waals surface area contributed by atoms with Gasteiger partial charge >= 0.3 is 5.97 Å². The summed E-state index contributed by atoms with van der Waals surface area (Å²) in [5.74, 6) is 0.182. The molecule has 0 saturated heterocycles. The lowest BCUT2D eigenvalue weighted by molar-refractivity contribution is -0.137. The number of halogens is 3. The molecule has 0 aliphatic carbocycles. The first kappa shape index (κ1) is 27.6. The molecular weight excluding hydrogens is 547 g/mol. The maximum absolute atomic E-state index is 10.7. The van der Waals surface area contributed by atoms with Gasteiger partial charge in [-0.1, -0.05) is 90.1 Å². The molecule has 4 aromatic rings. The first-order valence-corrected chi connectivity index (χ1v) is 14.3. The monoisotopic (exact) mass is 572 g/mol. The summed E-state index contributed by atoms with van der Waals surface area (Å²) in [5, 5.41) is 11.7. The molecule has 0 spiro atoms. The van der Waals surface area contributed by atoms with Crippen molar-refractivity contribution in [3.05, 3.63) is 87.9 Å². The highest BCUT2D eigenvalue weighted by Crippen LogP contribution is 2.39. The van der Waals surface area contributed by atoms with E-state index in [2.05, 4.69) is 4.57 Å². The van der Waals surface area contributed by atoms with Gasteiger partial charge in [0.1, 0.15) is 0 Å². The Hall–Kier alpha value is -2.44.